The summed E-state index contributed by atoms with van der Waals surface area (Å²) in [6.45, 7) is 6.78. The molecule has 1 aromatic rings. The number of amides is 5. The van der Waals surface area contributed by atoms with Crippen molar-refractivity contribution < 1.29 is 43.4 Å². The van der Waals surface area contributed by atoms with Gasteiger partial charge in [-0.25, -0.2) is 9.59 Å². The number of carbonyl (C=O) groups is 7. The molecule has 1 aliphatic heterocycles. The number of Topliss-reactive ketones (excluding diaryl/α,β-unsaturated/α-hetero) is 1. The Labute approximate surface area is 281 Å². The van der Waals surface area contributed by atoms with E-state index < -0.39 is 66.3 Å². The highest BCUT2D eigenvalue weighted by Gasteiger charge is 2.44. The zero-order chi connectivity index (χ0) is 35.4. The number of hydrogen-bond acceptors (Lipinski definition) is 8. The maximum Gasteiger partial charge on any atom is 0.407 e. The van der Waals surface area contributed by atoms with Crippen LogP contribution in [0.25, 0.3) is 0 Å². The minimum Gasteiger partial charge on any atom is -0.479 e. The molecule has 2 aliphatic rings. The number of hydrogen-bond donors (Lipinski definition) is 5. The number of ketones is 1. The Hall–Kier alpha value is -4.49. The number of benzene rings is 1. The van der Waals surface area contributed by atoms with E-state index in [4.69, 9.17) is 4.74 Å². The summed E-state index contributed by atoms with van der Waals surface area (Å²) in [6, 6.07) is 3.31. The van der Waals surface area contributed by atoms with Gasteiger partial charge in [0, 0.05) is 6.04 Å². The lowest BCUT2D eigenvalue weighted by atomic mass is 9.83. The molecule has 1 saturated heterocycles. The van der Waals surface area contributed by atoms with Crippen molar-refractivity contribution in [1.29, 1.82) is 0 Å². The van der Waals surface area contributed by atoms with E-state index in [9.17, 15) is 38.7 Å². The third-order valence-electron chi connectivity index (χ3n) is 8.79. The number of rotatable bonds is 15. The molecule has 5 N–H and O–H groups in total. The summed E-state index contributed by atoms with van der Waals surface area (Å²) >= 11 is 0. The molecule has 0 aromatic heterocycles. The third kappa shape index (κ3) is 10.5. The Kier molecular flexibility index (Phi) is 14.4. The smallest absolute Gasteiger partial charge is 0.407 e. The van der Waals surface area contributed by atoms with E-state index in [1.165, 1.54) is 17.0 Å². The van der Waals surface area contributed by atoms with Crippen molar-refractivity contribution in [2.75, 3.05) is 13.2 Å². The first kappa shape index (κ1) is 38.0. The van der Waals surface area contributed by atoms with Crippen LogP contribution in [-0.2, 0) is 33.5 Å². The van der Waals surface area contributed by atoms with E-state index in [-0.39, 0.29) is 36.8 Å². The predicted molar refractivity (Wildman–Crippen MR) is 174 cm³/mol. The summed E-state index contributed by atoms with van der Waals surface area (Å²) in [5, 5.41) is 19.4. The Morgan fingerprint density at radius 3 is 2.19 bits per heavy atom. The number of ether oxygens (including phenoxy) is 1. The maximum atomic E-state index is 14.1. The minimum atomic E-state index is -1.35. The molecular formula is C34H49N5O9. The first-order valence-corrected chi connectivity index (χ1v) is 16.8. The molecule has 3 rings (SSSR count). The van der Waals surface area contributed by atoms with Crippen molar-refractivity contribution >= 4 is 41.5 Å². The lowest BCUT2D eigenvalue weighted by Crippen LogP contribution is -2.59. The summed E-state index contributed by atoms with van der Waals surface area (Å²) < 4.78 is 5.31. The fourth-order valence-corrected chi connectivity index (χ4v) is 6.20. The number of nitrogens with one attached hydrogen (secondary N) is 4. The minimum absolute atomic E-state index is 0.0590. The molecule has 1 heterocycles. The van der Waals surface area contributed by atoms with Gasteiger partial charge in [-0.1, -0.05) is 70.4 Å². The zero-order valence-corrected chi connectivity index (χ0v) is 28.2. The van der Waals surface area contributed by atoms with Gasteiger partial charge in [0.1, 0.15) is 12.1 Å². The molecule has 1 aliphatic carbocycles. The highest BCUT2D eigenvalue weighted by Crippen LogP contribution is 2.31. The van der Waals surface area contributed by atoms with Gasteiger partial charge >= 0.3 is 12.1 Å². The summed E-state index contributed by atoms with van der Waals surface area (Å²) in [4.78, 5) is 91.6. The zero-order valence-electron chi connectivity index (χ0n) is 28.2. The van der Waals surface area contributed by atoms with Crippen molar-refractivity contribution in [2.45, 2.75) is 109 Å². The van der Waals surface area contributed by atoms with Crippen molar-refractivity contribution in [2.24, 2.45) is 11.8 Å². The third-order valence-corrected chi connectivity index (χ3v) is 8.79. The van der Waals surface area contributed by atoms with Crippen LogP contribution in [0.2, 0.25) is 0 Å². The van der Waals surface area contributed by atoms with E-state index in [1.54, 1.807) is 25.1 Å². The van der Waals surface area contributed by atoms with Crippen molar-refractivity contribution in [3.8, 4) is 0 Å². The number of carbonyl (C=O) groups excluding carboxylic acids is 6. The van der Waals surface area contributed by atoms with E-state index >= 15 is 0 Å². The van der Waals surface area contributed by atoms with Crippen LogP contribution in [0.5, 0.6) is 0 Å². The van der Waals surface area contributed by atoms with E-state index in [1.807, 2.05) is 20.8 Å². The topological polar surface area (TPSA) is 200 Å². The van der Waals surface area contributed by atoms with Crippen LogP contribution in [0.4, 0.5) is 4.79 Å². The van der Waals surface area contributed by atoms with Gasteiger partial charge in [0.2, 0.25) is 23.5 Å². The lowest BCUT2D eigenvalue weighted by molar-refractivity contribution is -0.145. The van der Waals surface area contributed by atoms with Crippen LogP contribution in [0.3, 0.4) is 0 Å². The molecule has 48 heavy (non-hydrogen) atoms. The largest absolute Gasteiger partial charge is 0.479 e. The van der Waals surface area contributed by atoms with Crippen LogP contribution in [0, 0.1) is 11.8 Å². The standard InChI is InChI=1S/C34H49N5O9/c1-5-24(29(41)31(43)35-18-26(40)37-28(33(45)46)23-14-10-7-11-15-23)36-30(42)25-17-16-21(4)39(25)32(44)27(22-12-8-6-9-13-22)38-34(47)48-19-20(2)3/h7,10-11,14-15,20-22,24-25,27-28H,5-6,8-9,12-13,16-19H2,1-4H3,(H,35,43)(H,36,42)(H,37,40)(H,38,47)(H,45,46). The van der Waals surface area contributed by atoms with Crippen molar-refractivity contribution in [1.82, 2.24) is 26.2 Å². The molecule has 1 aromatic carbocycles. The molecule has 1 saturated carbocycles. The highest BCUT2D eigenvalue weighted by atomic mass is 16.5. The van der Waals surface area contributed by atoms with Gasteiger partial charge in [-0.2, -0.15) is 0 Å². The molecule has 2 fully saturated rings. The summed E-state index contributed by atoms with van der Waals surface area (Å²) in [5.74, 6) is -5.23. The van der Waals surface area contributed by atoms with Gasteiger partial charge in [0.05, 0.1) is 19.2 Å². The number of likely N-dealkylation sites (tertiary alicyclic amines) is 1. The van der Waals surface area contributed by atoms with E-state index in [2.05, 4.69) is 21.3 Å². The van der Waals surface area contributed by atoms with Crippen LogP contribution >= 0.6 is 0 Å². The highest BCUT2D eigenvalue weighted by molar-refractivity contribution is 6.38. The van der Waals surface area contributed by atoms with Crippen molar-refractivity contribution in [3.63, 3.8) is 0 Å². The molecule has 5 atom stereocenters. The molecule has 14 nitrogen and oxygen atoms in total. The fourth-order valence-electron chi connectivity index (χ4n) is 6.20. The van der Waals surface area contributed by atoms with Gasteiger partial charge in [-0.3, -0.25) is 24.0 Å². The van der Waals surface area contributed by atoms with E-state index in [0.717, 1.165) is 32.1 Å². The average molecular weight is 672 g/mol. The molecule has 264 valence electrons. The van der Waals surface area contributed by atoms with Gasteiger partial charge in [0.15, 0.2) is 6.04 Å². The number of carboxylic acids is 1. The summed E-state index contributed by atoms with van der Waals surface area (Å²) in [6.07, 6.45) is 4.63. The Balaban J connectivity index is 1.64. The molecule has 0 radical (unpaired) electrons. The quantitative estimate of drug-likeness (QED) is 0.173. The predicted octanol–water partition coefficient (Wildman–Crippen LogP) is 2.22. The van der Waals surface area contributed by atoms with Gasteiger partial charge in [0.25, 0.3) is 5.91 Å². The van der Waals surface area contributed by atoms with Crippen LogP contribution in [0.15, 0.2) is 30.3 Å². The Bertz CT molecular complexity index is 1320. The number of aliphatic carboxylic acids is 1. The van der Waals surface area contributed by atoms with Crippen molar-refractivity contribution in [3.05, 3.63) is 35.9 Å². The lowest BCUT2D eigenvalue weighted by Gasteiger charge is -2.36. The second kappa shape index (κ2) is 18.2. The number of nitrogens with zero attached hydrogens (tertiary/aromatic N) is 1. The van der Waals surface area contributed by atoms with Crippen LogP contribution < -0.4 is 21.3 Å². The second-order valence-corrected chi connectivity index (χ2v) is 13.0. The van der Waals surface area contributed by atoms with Gasteiger partial charge in [-0.15, -0.1) is 0 Å². The van der Waals surface area contributed by atoms with Gasteiger partial charge in [-0.05, 0) is 56.4 Å². The first-order valence-electron chi connectivity index (χ1n) is 16.8. The number of alkyl carbamates (subject to hydrolysis) is 1. The monoisotopic (exact) mass is 671 g/mol. The Morgan fingerprint density at radius 2 is 1.58 bits per heavy atom. The second-order valence-electron chi connectivity index (χ2n) is 13.0. The molecule has 0 spiro atoms. The Morgan fingerprint density at radius 1 is 0.917 bits per heavy atom. The van der Waals surface area contributed by atoms with Gasteiger partial charge < -0.3 is 36.0 Å². The van der Waals surface area contributed by atoms with Crippen LogP contribution in [0.1, 0.15) is 90.7 Å². The summed E-state index contributed by atoms with van der Waals surface area (Å²) in [7, 11) is 0. The van der Waals surface area contributed by atoms with E-state index in [0.29, 0.717) is 18.4 Å². The molecule has 0 bridgehead atoms. The van der Waals surface area contributed by atoms with Crippen LogP contribution in [-0.4, -0.2) is 88.8 Å². The maximum absolute atomic E-state index is 14.1. The average Bonchev–Trinajstić information content (AvgIpc) is 3.47. The molecule has 5 unspecified atom stereocenters. The number of carboxylic acid groups (broad SMARTS) is 1. The SMILES string of the molecule is CCC(NC(=O)C1CCC(C)N1C(=O)C(NC(=O)OCC(C)C)C1CCCCC1)C(=O)C(=O)NCC(=O)NC(C(=O)O)c1ccccc1. The summed E-state index contributed by atoms with van der Waals surface area (Å²) in [5.41, 5.74) is 0.329. The normalized spacial score (nSPS) is 19.8. The molecule has 14 heteroatoms. The molecular weight excluding hydrogens is 622 g/mol. The molecule has 5 amide bonds. The first-order chi connectivity index (χ1) is 22.8. The fraction of sp³-hybridized carbons (Fsp3) is 0.618.